The summed E-state index contributed by atoms with van der Waals surface area (Å²) >= 11 is 5.63. The fourth-order valence-corrected chi connectivity index (χ4v) is 1.56. The zero-order valence-corrected chi connectivity index (χ0v) is 11.1. The quantitative estimate of drug-likeness (QED) is 0.909. The Hall–Kier alpha value is -1.95. The Balaban J connectivity index is 2.16. The third-order valence-electron chi connectivity index (χ3n) is 2.43. The van der Waals surface area contributed by atoms with Gasteiger partial charge in [-0.05, 0) is 18.2 Å². The van der Waals surface area contributed by atoms with Crippen LogP contribution < -0.4 is 5.32 Å². The SMILES string of the molecule is CC(C)c1nc(C(=O)Nc2ccc(Cl)cc2F)n[nH]1. The molecule has 0 radical (unpaired) electrons. The van der Waals surface area contributed by atoms with Crippen LogP contribution in [0.15, 0.2) is 18.2 Å². The van der Waals surface area contributed by atoms with Gasteiger partial charge in [0.1, 0.15) is 11.6 Å². The number of carbonyl (C=O) groups is 1. The number of hydrogen-bond donors (Lipinski definition) is 2. The van der Waals surface area contributed by atoms with Crippen molar-refractivity contribution in [3.05, 3.63) is 40.7 Å². The van der Waals surface area contributed by atoms with Gasteiger partial charge >= 0.3 is 0 Å². The summed E-state index contributed by atoms with van der Waals surface area (Å²) in [6.07, 6.45) is 0. The molecule has 0 spiro atoms. The van der Waals surface area contributed by atoms with E-state index in [2.05, 4.69) is 20.5 Å². The Morgan fingerprint density at radius 2 is 2.21 bits per heavy atom. The average Bonchev–Trinajstić information content (AvgIpc) is 2.82. The van der Waals surface area contributed by atoms with Gasteiger partial charge in [-0.2, -0.15) is 0 Å². The minimum Gasteiger partial charge on any atom is -0.317 e. The number of aromatic nitrogens is 3. The summed E-state index contributed by atoms with van der Waals surface area (Å²) in [5.41, 5.74) is 0.0327. The van der Waals surface area contributed by atoms with Gasteiger partial charge in [-0.15, -0.1) is 5.10 Å². The third-order valence-corrected chi connectivity index (χ3v) is 2.67. The molecule has 1 aromatic heterocycles. The Labute approximate surface area is 114 Å². The maximum absolute atomic E-state index is 13.5. The Morgan fingerprint density at radius 3 is 2.79 bits per heavy atom. The molecule has 0 aliphatic heterocycles. The molecule has 2 aromatic rings. The van der Waals surface area contributed by atoms with E-state index in [1.54, 1.807) is 0 Å². The lowest BCUT2D eigenvalue weighted by Gasteiger charge is -2.04. The summed E-state index contributed by atoms with van der Waals surface area (Å²) in [6, 6.07) is 3.98. The fourth-order valence-electron chi connectivity index (χ4n) is 1.40. The van der Waals surface area contributed by atoms with Gasteiger partial charge in [0.15, 0.2) is 0 Å². The van der Waals surface area contributed by atoms with Crippen LogP contribution in [0.1, 0.15) is 36.2 Å². The molecule has 0 saturated heterocycles. The average molecular weight is 283 g/mol. The van der Waals surface area contributed by atoms with Gasteiger partial charge in [0.2, 0.25) is 5.82 Å². The highest BCUT2D eigenvalue weighted by molar-refractivity contribution is 6.30. The van der Waals surface area contributed by atoms with Gasteiger partial charge in [0.05, 0.1) is 5.69 Å². The summed E-state index contributed by atoms with van der Waals surface area (Å²) in [4.78, 5) is 15.9. The molecule has 0 bridgehead atoms. The second kappa shape index (κ2) is 5.36. The summed E-state index contributed by atoms with van der Waals surface area (Å²) in [7, 11) is 0. The van der Waals surface area contributed by atoms with Crippen LogP contribution in [-0.4, -0.2) is 21.1 Å². The van der Waals surface area contributed by atoms with E-state index in [-0.39, 0.29) is 22.5 Å². The van der Waals surface area contributed by atoms with E-state index in [4.69, 9.17) is 11.6 Å². The lowest BCUT2D eigenvalue weighted by molar-refractivity contribution is 0.101. The molecule has 1 heterocycles. The first kappa shape index (κ1) is 13.5. The number of benzene rings is 1. The minimum atomic E-state index is -0.611. The molecule has 19 heavy (non-hydrogen) atoms. The van der Waals surface area contributed by atoms with Crippen LogP contribution in [0.3, 0.4) is 0 Å². The first-order valence-electron chi connectivity index (χ1n) is 5.66. The number of nitrogens with zero attached hydrogens (tertiary/aromatic N) is 2. The molecule has 5 nitrogen and oxygen atoms in total. The molecule has 0 aliphatic carbocycles. The monoisotopic (exact) mass is 282 g/mol. The topological polar surface area (TPSA) is 70.7 Å². The van der Waals surface area contributed by atoms with E-state index >= 15 is 0 Å². The largest absolute Gasteiger partial charge is 0.317 e. The molecule has 0 unspecified atom stereocenters. The van der Waals surface area contributed by atoms with Crippen LogP contribution >= 0.6 is 11.6 Å². The van der Waals surface area contributed by atoms with Gasteiger partial charge in [-0.1, -0.05) is 25.4 Å². The van der Waals surface area contributed by atoms with Gasteiger partial charge in [-0.3, -0.25) is 9.89 Å². The maximum atomic E-state index is 13.5. The third kappa shape index (κ3) is 3.08. The summed E-state index contributed by atoms with van der Waals surface area (Å²) in [5, 5.41) is 9.09. The van der Waals surface area contributed by atoms with Crippen molar-refractivity contribution in [2.24, 2.45) is 0 Å². The normalized spacial score (nSPS) is 10.8. The van der Waals surface area contributed by atoms with Crippen LogP contribution in [0, 0.1) is 5.82 Å². The molecule has 100 valence electrons. The molecule has 1 amide bonds. The highest BCUT2D eigenvalue weighted by atomic mass is 35.5. The molecule has 1 aromatic carbocycles. The number of hydrogen-bond acceptors (Lipinski definition) is 3. The number of H-pyrrole nitrogens is 1. The molecule has 0 fully saturated rings. The van der Waals surface area contributed by atoms with Gasteiger partial charge in [-0.25, -0.2) is 9.37 Å². The Kier molecular flexibility index (Phi) is 3.80. The van der Waals surface area contributed by atoms with E-state index in [9.17, 15) is 9.18 Å². The predicted molar refractivity (Wildman–Crippen MR) is 69.8 cm³/mol. The highest BCUT2D eigenvalue weighted by Crippen LogP contribution is 2.19. The standard InChI is InChI=1S/C12H12ClFN4O/c1-6(2)10-16-11(18-17-10)12(19)15-9-4-3-7(13)5-8(9)14/h3-6H,1-2H3,(H,15,19)(H,16,17,18). The van der Waals surface area contributed by atoms with Crippen molar-refractivity contribution in [3.8, 4) is 0 Å². The predicted octanol–water partition coefficient (Wildman–Crippen LogP) is 2.97. The minimum absolute atomic E-state index is 0.0296. The number of nitrogens with one attached hydrogen (secondary N) is 2. The zero-order chi connectivity index (χ0) is 14.0. The van der Waals surface area contributed by atoms with Gasteiger partial charge in [0, 0.05) is 10.9 Å². The number of aromatic amines is 1. The first-order valence-corrected chi connectivity index (χ1v) is 6.04. The second-order valence-electron chi connectivity index (χ2n) is 4.28. The number of rotatable bonds is 3. The number of amides is 1. The molecular weight excluding hydrogens is 271 g/mol. The highest BCUT2D eigenvalue weighted by Gasteiger charge is 2.15. The van der Waals surface area contributed by atoms with Crippen LogP contribution in [0.25, 0.3) is 0 Å². The van der Waals surface area contributed by atoms with Gasteiger partial charge < -0.3 is 5.32 Å². The van der Waals surface area contributed by atoms with Crippen molar-refractivity contribution in [1.82, 2.24) is 15.2 Å². The second-order valence-corrected chi connectivity index (χ2v) is 4.71. The summed E-state index contributed by atoms with van der Waals surface area (Å²) < 4.78 is 13.5. The Bertz CT molecular complexity index is 612. The molecule has 0 atom stereocenters. The Morgan fingerprint density at radius 1 is 1.47 bits per heavy atom. The lowest BCUT2D eigenvalue weighted by Crippen LogP contribution is -2.14. The molecular formula is C12H12ClFN4O. The maximum Gasteiger partial charge on any atom is 0.295 e. The lowest BCUT2D eigenvalue weighted by atomic mass is 10.2. The number of carbonyl (C=O) groups excluding carboxylic acids is 1. The van der Waals surface area contributed by atoms with Crippen LogP contribution in [0.2, 0.25) is 5.02 Å². The number of halogens is 2. The van der Waals surface area contributed by atoms with E-state index in [0.29, 0.717) is 5.82 Å². The van der Waals surface area contributed by atoms with E-state index in [0.717, 1.165) is 6.07 Å². The van der Waals surface area contributed by atoms with E-state index < -0.39 is 11.7 Å². The zero-order valence-electron chi connectivity index (χ0n) is 10.4. The van der Waals surface area contributed by atoms with Crippen molar-refractivity contribution < 1.29 is 9.18 Å². The summed E-state index contributed by atoms with van der Waals surface area (Å²) in [6.45, 7) is 3.84. The van der Waals surface area contributed by atoms with Gasteiger partial charge in [0.25, 0.3) is 5.91 Å². The van der Waals surface area contributed by atoms with Crippen LogP contribution in [0.5, 0.6) is 0 Å². The molecule has 0 saturated carbocycles. The molecule has 2 rings (SSSR count). The molecule has 0 aliphatic rings. The van der Waals surface area contributed by atoms with Crippen LogP contribution in [0.4, 0.5) is 10.1 Å². The first-order chi connectivity index (χ1) is 8.97. The smallest absolute Gasteiger partial charge is 0.295 e. The van der Waals surface area contributed by atoms with E-state index in [1.807, 2.05) is 13.8 Å². The van der Waals surface area contributed by atoms with Crippen molar-refractivity contribution in [3.63, 3.8) is 0 Å². The van der Waals surface area contributed by atoms with E-state index in [1.165, 1.54) is 12.1 Å². The van der Waals surface area contributed by atoms with Crippen molar-refractivity contribution in [1.29, 1.82) is 0 Å². The summed E-state index contributed by atoms with van der Waals surface area (Å²) in [5.74, 6) is -0.495. The van der Waals surface area contributed by atoms with Crippen molar-refractivity contribution in [2.45, 2.75) is 19.8 Å². The molecule has 2 N–H and O–H groups in total. The molecule has 7 heteroatoms. The van der Waals surface area contributed by atoms with Crippen molar-refractivity contribution >= 4 is 23.2 Å². The van der Waals surface area contributed by atoms with Crippen LogP contribution in [-0.2, 0) is 0 Å². The van der Waals surface area contributed by atoms with Crippen molar-refractivity contribution in [2.75, 3.05) is 5.32 Å². The number of anilines is 1. The fraction of sp³-hybridized carbons (Fsp3) is 0.250.